The van der Waals surface area contributed by atoms with E-state index in [1.54, 1.807) is 0 Å². The Bertz CT molecular complexity index is 628. The largest absolute Gasteiger partial charge is 0.338 e. The summed E-state index contributed by atoms with van der Waals surface area (Å²) in [5.74, 6) is 0.0781. The van der Waals surface area contributed by atoms with Crippen LogP contribution in [0.1, 0.15) is 30.4 Å². The van der Waals surface area contributed by atoms with Gasteiger partial charge in [0.2, 0.25) is 15.9 Å². The molecule has 1 amide bonds. The Labute approximate surface area is 132 Å². The summed E-state index contributed by atoms with van der Waals surface area (Å²) in [4.78, 5) is 14.4. The second-order valence-corrected chi connectivity index (χ2v) is 7.79. The number of likely N-dealkylation sites (tertiary alicyclic amines) is 1. The third kappa shape index (κ3) is 4.81. The molecule has 0 aliphatic carbocycles. The maximum atomic E-state index is 12.6. The highest BCUT2D eigenvalue weighted by molar-refractivity contribution is 7.88. The Morgan fingerprint density at radius 1 is 1.32 bits per heavy atom. The molecular formula is C16H24N2O3S. The summed E-state index contributed by atoms with van der Waals surface area (Å²) in [5.41, 5.74) is 2.14. The van der Waals surface area contributed by atoms with Gasteiger partial charge in [-0.3, -0.25) is 4.79 Å². The highest BCUT2D eigenvalue weighted by atomic mass is 32.2. The fraction of sp³-hybridized carbons (Fsp3) is 0.562. The Kier molecular flexibility index (Phi) is 5.58. The monoisotopic (exact) mass is 324 g/mol. The molecule has 5 nitrogen and oxygen atoms in total. The molecule has 1 heterocycles. The number of nitrogens with one attached hydrogen (secondary N) is 1. The topological polar surface area (TPSA) is 66.5 Å². The van der Waals surface area contributed by atoms with E-state index in [0.29, 0.717) is 19.5 Å². The number of carbonyl (C=O) groups excluding carboxylic acids is 1. The quantitative estimate of drug-likeness (QED) is 0.892. The van der Waals surface area contributed by atoms with Crippen molar-refractivity contribution in [2.45, 2.75) is 38.6 Å². The molecule has 1 N–H and O–H groups in total. The number of rotatable bonds is 5. The smallest absolute Gasteiger partial charge is 0.227 e. The van der Waals surface area contributed by atoms with Crippen molar-refractivity contribution in [2.75, 3.05) is 19.3 Å². The van der Waals surface area contributed by atoms with Gasteiger partial charge in [-0.1, -0.05) is 24.3 Å². The Hall–Kier alpha value is -1.40. The molecule has 0 spiro atoms. The second kappa shape index (κ2) is 7.24. The van der Waals surface area contributed by atoms with E-state index in [4.69, 9.17) is 0 Å². The molecule has 0 saturated carbocycles. The van der Waals surface area contributed by atoms with Crippen LogP contribution in [0.5, 0.6) is 0 Å². The lowest BCUT2D eigenvalue weighted by atomic mass is 9.99. The van der Waals surface area contributed by atoms with Crippen molar-refractivity contribution in [3.05, 3.63) is 35.4 Å². The van der Waals surface area contributed by atoms with Crippen molar-refractivity contribution in [3.8, 4) is 0 Å². The molecule has 1 aromatic carbocycles. The highest BCUT2D eigenvalue weighted by Gasteiger charge is 2.27. The van der Waals surface area contributed by atoms with Crippen LogP contribution in [0.25, 0.3) is 0 Å². The number of benzene rings is 1. The lowest BCUT2D eigenvalue weighted by molar-refractivity contribution is -0.133. The van der Waals surface area contributed by atoms with E-state index in [9.17, 15) is 13.2 Å². The van der Waals surface area contributed by atoms with Gasteiger partial charge < -0.3 is 4.90 Å². The summed E-state index contributed by atoms with van der Waals surface area (Å²) >= 11 is 0. The Morgan fingerprint density at radius 2 is 2.05 bits per heavy atom. The molecule has 2 rings (SSSR count). The molecule has 22 heavy (non-hydrogen) atoms. The SMILES string of the molecule is Cc1ccccc1CC(=O)N1CCCC[C@H]1CNS(C)(=O)=O. The first-order chi connectivity index (χ1) is 10.4. The number of amides is 1. The van der Waals surface area contributed by atoms with E-state index in [0.717, 1.165) is 36.6 Å². The van der Waals surface area contributed by atoms with Crippen LogP contribution in [-0.4, -0.2) is 44.6 Å². The van der Waals surface area contributed by atoms with Crippen molar-refractivity contribution in [2.24, 2.45) is 0 Å². The minimum atomic E-state index is -3.23. The maximum Gasteiger partial charge on any atom is 0.227 e. The van der Waals surface area contributed by atoms with Gasteiger partial charge in [0.15, 0.2) is 0 Å². The molecule has 1 saturated heterocycles. The number of hydrogen-bond donors (Lipinski definition) is 1. The minimum absolute atomic E-state index is 0.0417. The molecule has 1 aromatic rings. The molecule has 1 aliphatic heterocycles. The average molecular weight is 324 g/mol. The summed E-state index contributed by atoms with van der Waals surface area (Å²) in [6, 6.07) is 7.83. The highest BCUT2D eigenvalue weighted by Crippen LogP contribution is 2.19. The Balaban J connectivity index is 2.03. The van der Waals surface area contributed by atoms with Crippen LogP contribution in [0.4, 0.5) is 0 Å². The standard InChI is InChI=1S/C16H24N2O3S/c1-13-7-3-4-8-14(13)11-16(19)18-10-6-5-9-15(18)12-17-22(2,20)21/h3-4,7-8,15,17H,5-6,9-12H2,1-2H3/t15-/m0/s1. The van der Waals surface area contributed by atoms with Gasteiger partial charge in [-0.25, -0.2) is 13.1 Å². The van der Waals surface area contributed by atoms with Gasteiger partial charge >= 0.3 is 0 Å². The normalized spacial score (nSPS) is 19.2. The number of piperidine rings is 1. The number of nitrogens with zero attached hydrogens (tertiary/aromatic N) is 1. The van der Waals surface area contributed by atoms with Gasteiger partial charge in [-0.2, -0.15) is 0 Å². The van der Waals surface area contributed by atoms with Gasteiger partial charge in [-0.15, -0.1) is 0 Å². The molecular weight excluding hydrogens is 300 g/mol. The molecule has 1 fully saturated rings. The van der Waals surface area contributed by atoms with E-state index in [2.05, 4.69) is 4.72 Å². The third-order valence-electron chi connectivity index (χ3n) is 4.13. The predicted octanol–water partition coefficient (Wildman–Crippen LogP) is 1.47. The zero-order valence-electron chi connectivity index (χ0n) is 13.2. The van der Waals surface area contributed by atoms with Gasteiger partial charge in [-0.05, 0) is 37.3 Å². The fourth-order valence-electron chi connectivity index (χ4n) is 2.86. The molecule has 0 radical (unpaired) electrons. The van der Waals surface area contributed by atoms with Crippen molar-refractivity contribution < 1.29 is 13.2 Å². The van der Waals surface area contributed by atoms with E-state index < -0.39 is 10.0 Å². The van der Waals surface area contributed by atoms with Crippen molar-refractivity contribution in [1.82, 2.24) is 9.62 Å². The van der Waals surface area contributed by atoms with E-state index >= 15 is 0 Å². The number of hydrogen-bond acceptors (Lipinski definition) is 3. The summed E-state index contributed by atoms with van der Waals surface area (Å²) in [5, 5.41) is 0. The third-order valence-corrected chi connectivity index (χ3v) is 4.82. The first-order valence-corrected chi connectivity index (χ1v) is 9.54. The van der Waals surface area contributed by atoms with Crippen LogP contribution in [0.15, 0.2) is 24.3 Å². The Morgan fingerprint density at radius 3 is 2.73 bits per heavy atom. The van der Waals surface area contributed by atoms with Crippen LogP contribution in [0, 0.1) is 6.92 Å². The van der Waals surface area contributed by atoms with Crippen molar-refractivity contribution in [1.29, 1.82) is 0 Å². The molecule has 6 heteroatoms. The van der Waals surface area contributed by atoms with E-state index in [1.807, 2.05) is 36.1 Å². The number of sulfonamides is 1. The molecule has 0 bridgehead atoms. The van der Waals surface area contributed by atoms with Gasteiger partial charge in [0.25, 0.3) is 0 Å². The second-order valence-electron chi connectivity index (χ2n) is 5.96. The lowest BCUT2D eigenvalue weighted by Gasteiger charge is -2.36. The van der Waals surface area contributed by atoms with Crippen LogP contribution in [-0.2, 0) is 21.2 Å². The molecule has 0 unspecified atom stereocenters. The van der Waals surface area contributed by atoms with Crippen LogP contribution in [0.2, 0.25) is 0 Å². The predicted molar refractivity (Wildman–Crippen MR) is 87.1 cm³/mol. The van der Waals surface area contributed by atoms with Gasteiger partial charge in [0, 0.05) is 19.1 Å². The lowest BCUT2D eigenvalue weighted by Crippen LogP contribution is -2.49. The molecule has 1 atom stereocenters. The van der Waals surface area contributed by atoms with E-state index in [-0.39, 0.29) is 11.9 Å². The van der Waals surface area contributed by atoms with Crippen LogP contribution < -0.4 is 4.72 Å². The zero-order valence-corrected chi connectivity index (χ0v) is 14.0. The maximum absolute atomic E-state index is 12.6. The number of carbonyl (C=O) groups is 1. The van der Waals surface area contributed by atoms with E-state index in [1.165, 1.54) is 0 Å². The summed E-state index contributed by atoms with van der Waals surface area (Å²) in [6.45, 7) is 3.01. The van der Waals surface area contributed by atoms with Gasteiger partial charge in [0.05, 0.1) is 12.7 Å². The fourth-order valence-corrected chi connectivity index (χ4v) is 3.36. The van der Waals surface area contributed by atoms with Gasteiger partial charge in [0.1, 0.15) is 0 Å². The summed E-state index contributed by atoms with van der Waals surface area (Å²) in [6.07, 6.45) is 4.39. The molecule has 0 aromatic heterocycles. The van der Waals surface area contributed by atoms with Crippen LogP contribution in [0.3, 0.4) is 0 Å². The van der Waals surface area contributed by atoms with Crippen LogP contribution >= 0.6 is 0 Å². The average Bonchev–Trinajstić information content (AvgIpc) is 2.47. The first kappa shape index (κ1) is 17.0. The minimum Gasteiger partial charge on any atom is -0.338 e. The van der Waals surface area contributed by atoms with Crippen molar-refractivity contribution >= 4 is 15.9 Å². The molecule has 1 aliphatic rings. The summed E-state index contributed by atoms with van der Waals surface area (Å²) in [7, 11) is -3.23. The number of aryl methyl sites for hydroxylation is 1. The molecule has 122 valence electrons. The zero-order chi connectivity index (χ0) is 16.2. The first-order valence-electron chi connectivity index (χ1n) is 7.65. The summed E-state index contributed by atoms with van der Waals surface area (Å²) < 4.78 is 25.1. The van der Waals surface area contributed by atoms with Crippen molar-refractivity contribution in [3.63, 3.8) is 0 Å².